The van der Waals surface area contributed by atoms with Crippen molar-refractivity contribution in [2.24, 2.45) is 11.8 Å². The molecule has 1 amide bonds. The van der Waals surface area contributed by atoms with E-state index in [0.717, 1.165) is 10.9 Å². The number of hydrogen-bond donors (Lipinski definition) is 2. The zero-order chi connectivity index (χ0) is 15.4. The number of thiocarbonyl (C=S) groups is 1. The summed E-state index contributed by atoms with van der Waals surface area (Å²) in [6.45, 7) is 4.51. The van der Waals surface area contributed by atoms with Gasteiger partial charge in [-0.25, -0.2) is 0 Å². The van der Waals surface area contributed by atoms with Crippen LogP contribution in [0.25, 0.3) is 0 Å². The molecule has 0 aromatic carbocycles. The van der Waals surface area contributed by atoms with Gasteiger partial charge in [0.2, 0.25) is 0 Å². The Hall–Kier alpha value is -1.01. The maximum absolute atomic E-state index is 12.1. The van der Waals surface area contributed by atoms with Crippen LogP contribution in [-0.2, 0) is 0 Å². The van der Waals surface area contributed by atoms with Crippen molar-refractivity contribution in [2.45, 2.75) is 39.2 Å². The number of hydrogen-bond acceptors (Lipinski definition) is 3. The molecule has 1 aliphatic carbocycles. The summed E-state index contributed by atoms with van der Waals surface area (Å²) >= 11 is 8.56. The molecule has 3 atom stereocenters. The first-order chi connectivity index (χ1) is 9.97. The molecule has 4 nitrogen and oxygen atoms in total. The fourth-order valence-electron chi connectivity index (χ4n) is 2.70. The Bertz CT molecular complexity index is 537. The first-order valence-corrected chi connectivity index (χ1v) is 8.40. The van der Waals surface area contributed by atoms with Crippen LogP contribution in [0.1, 0.15) is 43.5 Å². The molecule has 6 heteroatoms. The summed E-state index contributed by atoms with van der Waals surface area (Å²) in [4.78, 5) is 16.1. The summed E-state index contributed by atoms with van der Waals surface area (Å²) in [6.07, 6.45) is 6.73. The normalized spacial score (nSPS) is 25.2. The van der Waals surface area contributed by atoms with E-state index in [0.29, 0.717) is 28.6 Å². The molecule has 1 heterocycles. The second kappa shape index (κ2) is 7.31. The molecule has 1 saturated carbocycles. The van der Waals surface area contributed by atoms with E-state index in [1.165, 1.54) is 19.0 Å². The third kappa shape index (κ3) is 4.48. The molecular formula is C15H20BrN3OS. The predicted molar refractivity (Wildman–Crippen MR) is 91.1 cm³/mol. The Morgan fingerprint density at radius 3 is 2.86 bits per heavy atom. The summed E-state index contributed by atoms with van der Waals surface area (Å²) in [5.41, 5.74) is 0.485. The van der Waals surface area contributed by atoms with Gasteiger partial charge in [0.25, 0.3) is 5.91 Å². The molecule has 114 valence electrons. The topological polar surface area (TPSA) is 54.0 Å². The molecule has 21 heavy (non-hydrogen) atoms. The number of rotatable bonds is 2. The Morgan fingerprint density at radius 1 is 1.38 bits per heavy atom. The van der Waals surface area contributed by atoms with Crippen molar-refractivity contribution in [3.05, 3.63) is 28.5 Å². The van der Waals surface area contributed by atoms with Gasteiger partial charge in [0, 0.05) is 22.9 Å². The second-order valence-corrected chi connectivity index (χ2v) is 7.02. The largest absolute Gasteiger partial charge is 0.359 e. The monoisotopic (exact) mass is 369 g/mol. The lowest BCUT2D eigenvalue weighted by molar-refractivity contribution is 0.0975. The van der Waals surface area contributed by atoms with Gasteiger partial charge in [0.15, 0.2) is 5.11 Å². The van der Waals surface area contributed by atoms with Crippen molar-refractivity contribution in [1.82, 2.24) is 15.6 Å². The number of aromatic nitrogens is 1. The Balaban J connectivity index is 1.91. The van der Waals surface area contributed by atoms with Crippen LogP contribution < -0.4 is 10.6 Å². The molecule has 1 aromatic rings. The molecule has 2 N–H and O–H groups in total. The average Bonchev–Trinajstić information content (AvgIpc) is 2.44. The molecule has 2 rings (SSSR count). The van der Waals surface area contributed by atoms with Crippen LogP contribution >= 0.6 is 28.1 Å². The van der Waals surface area contributed by atoms with Crippen molar-refractivity contribution in [3.8, 4) is 0 Å². The van der Waals surface area contributed by atoms with E-state index in [-0.39, 0.29) is 5.91 Å². The molecule has 0 aliphatic heterocycles. The fourth-order valence-corrected chi connectivity index (χ4v) is 3.31. The van der Waals surface area contributed by atoms with Crippen LogP contribution in [0, 0.1) is 11.8 Å². The smallest absolute Gasteiger partial charge is 0.259 e. The van der Waals surface area contributed by atoms with Gasteiger partial charge in [-0.3, -0.25) is 15.1 Å². The molecular weight excluding hydrogens is 350 g/mol. The van der Waals surface area contributed by atoms with Gasteiger partial charge in [0.1, 0.15) is 0 Å². The highest BCUT2D eigenvalue weighted by atomic mass is 79.9. The number of halogens is 1. The van der Waals surface area contributed by atoms with E-state index in [1.807, 2.05) is 0 Å². The van der Waals surface area contributed by atoms with Crippen molar-refractivity contribution < 1.29 is 4.79 Å². The van der Waals surface area contributed by atoms with Crippen molar-refractivity contribution in [3.63, 3.8) is 0 Å². The van der Waals surface area contributed by atoms with Gasteiger partial charge in [0.05, 0.1) is 5.56 Å². The lowest BCUT2D eigenvalue weighted by Gasteiger charge is -2.35. The minimum atomic E-state index is -0.238. The molecule has 1 aliphatic rings. The maximum Gasteiger partial charge on any atom is 0.259 e. The van der Waals surface area contributed by atoms with Crippen LogP contribution in [0.2, 0.25) is 0 Å². The van der Waals surface area contributed by atoms with Gasteiger partial charge < -0.3 is 5.32 Å². The van der Waals surface area contributed by atoms with Crippen LogP contribution in [0.4, 0.5) is 0 Å². The van der Waals surface area contributed by atoms with Crippen molar-refractivity contribution in [2.75, 3.05) is 0 Å². The lowest BCUT2D eigenvalue weighted by Crippen LogP contribution is -2.49. The first kappa shape index (κ1) is 16.4. The lowest BCUT2D eigenvalue weighted by atomic mass is 9.78. The molecule has 0 radical (unpaired) electrons. The third-order valence-corrected chi connectivity index (χ3v) is 4.87. The quantitative estimate of drug-likeness (QED) is 0.785. The zero-order valence-corrected chi connectivity index (χ0v) is 14.6. The van der Waals surface area contributed by atoms with E-state index < -0.39 is 0 Å². The standard InChI is InChI=1S/C15H20BrN3OS/c1-9-4-3-5-13(10(9)2)18-15(21)19-14(20)11-6-12(16)8-17-7-11/h6-10,13H,3-5H2,1-2H3,(H2,18,19,20,21)/t9-,10+,13-/m1/s1. The molecule has 1 aromatic heterocycles. The number of pyridine rings is 1. The van der Waals surface area contributed by atoms with E-state index in [4.69, 9.17) is 12.2 Å². The fraction of sp³-hybridized carbons (Fsp3) is 0.533. The second-order valence-electron chi connectivity index (χ2n) is 5.69. The third-order valence-electron chi connectivity index (χ3n) is 4.22. The molecule has 0 saturated heterocycles. The Morgan fingerprint density at radius 2 is 2.14 bits per heavy atom. The first-order valence-electron chi connectivity index (χ1n) is 7.19. The van der Waals surface area contributed by atoms with Gasteiger partial charge in [-0.2, -0.15) is 0 Å². The SMILES string of the molecule is C[C@H]1[C@H](C)CCC[C@H]1NC(=S)NC(=O)c1cncc(Br)c1. The number of amides is 1. The summed E-state index contributed by atoms with van der Waals surface area (Å²) < 4.78 is 0.767. The summed E-state index contributed by atoms with van der Waals surface area (Å²) in [5, 5.41) is 6.40. The minimum Gasteiger partial charge on any atom is -0.359 e. The highest BCUT2D eigenvalue weighted by Crippen LogP contribution is 2.29. The van der Waals surface area contributed by atoms with Gasteiger partial charge in [-0.1, -0.05) is 26.7 Å². The van der Waals surface area contributed by atoms with E-state index >= 15 is 0 Å². The highest BCUT2D eigenvalue weighted by molar-refractivity contribution is 9.10. The summed E-state index contributed by atoms with van der Waals surface area (Å²) in [5.74, 6) is 1.00. The molecule has 1 fully saturated rings. The highest BCUT2D eigenvalue weighted by Gasteiger charge is 2.27. The van der Waals surface area contributed by atoms with E-state index in [1.54, 1.807) is 12.3 Å². The number of carbonyl (C=O) groups is 1. The van der Waals surface area contributed by atoms with Crippen molar-refractivity contribution >= 4 is 39.2 Å². The van der Waals surface area contributed by atoms with Crippen LogP contribution in [-0.4, -0.2) is 22.0 Å². The molecule has 0 unspecified atom stereocenters. The molecule has 0 bridgehead atoms. The van der Waals surface area contributed by atoms with Gasteiger partial charge in [-0.05, 0) is 52.5 Å². The van der Waals surface area contributed by atoms with Crippen LogP contribution in [0.3, 0.4) is 0 Å². The van der Waals surface area contributed by atoms with E-state index in [2.05, 4.69) is 45.4 Å². The number of carbonyl (C=O) groups excluding carboxylic acids is 1. The number of nitrogens with one attached hydrogen (secondary N) is 2. The van der Waals surface area contributed by atoms with Crippen LogP contribution in [0.5, 0.6) is 0 Å². The Labute approximate surface area is 139 Å². The average molecular weight is 370 g/mol. The Kier molecular flexibility index (Phi) is 5.70. The van der Waals surface area contributed by atoms with Crippen LogP contribution in [0.15, 0.2) is 22.9 Å². The van der Waals surface area contributed by atoms with E-state index in [9.17, 15) is 4.79 Å². The van der Waals surface area contributed by atoms with Gasteiger partial charge in [-0.15, -0.1) is 0 Å². The maximum atomic E-state index is 12.1. The van der Waals surface area contributed by atoms with Gasteiger partial charge >= 0.3 is 0 Å². The van der Waals surface area contributed by atoms with Crippen molar-refractivity contribution in [1.29, 1.82) is 0 Å². The number of nitrogens with zero attached hydrogens (tertiary/aromatic N) is 1. The minimum absolute atomic E-state index is 0.238. The summed E-state index contributed by atoms with van der Waals surface area (Å²) in [7, 11) is 0. The zero-order valence-electron chi connectivity index (χ0n) is 12.2. The summed E-state index contributed by atoms with van der Waals surface area (Å²) in [6, 6.07) is 2.05. The predicted octanol–water partition coefficient (Wildman–Crippen LogP) is 3.27. The molecule has 0 spiro atoms.